The molecule has 1 atom stereocenters. The van der Waals surface area contributed by atoms with Gasteiger partial charge in [-0.2, -0.15) is 0 Å². The van der Waals surface area contributed by atoms with E-state index in [2.05, 4.69) is 25.3 Å². The van der Waals surface area contributed by atoms with Gasteiger partial charge in [0.2, 0.25) is 0 Å². The summed E-state index contributed by atoms with van der Waals surface area (Å²) < 4.78 is 19.1. The van der Waals surface area contributed by atoms with Gasteiger partial charge in [0.25, 0.3) is 0 Å². The molecule has 1 aromatic carbocycles. The van der Waals surface area contributed by atoms with Crippen LogP contribution in [0.5, 0.6) is 0 Å². The van der Waals surface area contributed by atoms with Gasteiger partial charge in [0, 0.05) is 23.5 Å². The van der Waals surface area contributed by atoms with Gasteiger partial charge in [-0.1, -0.05) is 18.2 Å². The number of nitrogens with one attached hydrogen (secondary N) is 3. The number of halogens is 1. The van der Waals surface area contributed by atoms with E-state index in [-0.39, 0.29) is 5.82 Å². The number of para-hydroxylation sites is 1. The third-order valence-electron chi connectivity index (χ3n) is 5.01. The zero-order chi connectivity index (χ0) is 22.9. The Labute approximate surface area is 185 Å². The van der Waals surface area contributed by atoms with Crippen LogP contribution in [-0.2, 0) is 11.2 Å². The molecule has 3 heterocycles. The lowest BCUT2D eigenvalue weighted by atomic mass is 10.0. The number of imidazole rings is 1. The Morgan fingerprint density at radius 2 is 2.00 bits per heavy atom. The lowest BCUT2D eigenvalue weighted by Crippen LogP contribution is -2.36. The van der Waals surface area contributed by atoms with E-state index >= 15 is 0 Å². The topological polar surface area (TPSA) is 95.7 Å². The number of pyridine rings is 1. The van der Waals surface area contributed by atoms with E-state index in [1.165, 1.54) is 6.07 Å². The summed E-state index contributed by atoms with van der Waals surface area (Å²) in [5.41, 5.74) is 2.95. The number of aryl methyl sites for hydroxylation is 1. The number of benzene rings is 1. The second-order valence-corrected chi connectivity index (χ2v) is 8.71. The molecule has 32 heavy (non-hydrogen) atoms. The summed E-state index contributed by atoms with van der Waals surface area (Å²) >= 11 is 0. The first-order valence-corrected chi connectivity index (χ1v) is 10.4. The summed E-state index contributed by atoms with van der Waals surface area (Å²) in [6.45, 7) is 7.05. The Morgan fingerprint density at radius 1 is 1.22 bits per heavy atom. The lowest BCUT2D eigenvalue weighted by molar-refractivity contribution is 0.0501. The monoisotopic (exact) mass is 435 g/mol. The van der Waals surface area contributed by atoms with Crippen molar-refractivity contribution in [2.45, 2.75) is 45.8 Å². The Morgan fingerprint density at radius 3 is 2.75 bits per heavy atom. The average molecular weight is 436 g/mol. The molecule has 0 saturated carbocycles. The molecule has 0 aliphatic heterocycles. The zero-order valence-electron chi connectivity index (χ0n) is 18.5. The van der Waals surface area contributed by atoms with E-state index in [1.807, 2.05) is 51.2 Å². The Hall–Kier alpha value is -3.68. The highest BCUT2D eigenvalue weighted by atomic mass is 19.1. The van der Waals surface area contributed by atoms with Crippen LogP contribution in [0.2, 0.25) is 0 Å². The van der Waals surface area contributed by atoms with E-state index in [9.17, 15) is 9.18 Å². The van der Waals surface area contributed by atoms with Gasteiger partial charge in [0.05, 0.1) is 29.3 Å². The largest absolute Gasteiger partial charge is 0.444 e. The number of H-pyrrole nitrogens is 2. The molecule has 166 valence electrons. The molecular weight excluding hydrogens is 409 g/mol. The van der Waals surface area contributed by atoms with E-state index in [1.54, 1.807) is 19.2 Å². The van der Waals surface area contributed by atoms with Crippen LogP contribution in [0.1, 0.15) is 43.9 Å². The number of carbonyl (C=O) groups excluding carboxylic acids is 1. The minimum absolute atomic E-state index is 0.306. The molecule has 0 aliphatic rings. The number of rotatable bonds is 5. The number of aromatic nitrogens is 4. The minimum Gasteiger partial charge on any atom is -0.444 e. The average Bonchev–Trinajstić information content (AvgIpc) is 3.36. The summed E-state index contributed by atoms with van der Waals surface area (Å²) in [4.78, 5) is 27.8. The number of carbonyl (C=O) groups is 1. The maximum atomic E-state index is 13.6. The van der Waals surface area contributed by atoms with Crippen molar-refractivity contribution in [3.8, 4) is 11.4 Å². The Balaban J connectivity index is 1.65. The van der Waals surface area contributed by atoms with Crippen LogP contribution in [-0.4, -0.2) is 31.6 Å². The molecule has 4 rings (SSSR count). The second-order valence-electron chi connectivity index (χ2n) is 8.71. The predicted octanol–water partition coefficient (Wildman–Crippen LogP) is 5.21. The Kier molecular flexibility index (Phi) is 5.69. The molecule has 0 spiro atoms. The molecule has 4 aromatic rings. The van der Waals surface area contributed by atoms with Crippen molar-refractivity contribution >= 4 is 17.0 Å². The van der Waals surface area contributed by atoms with Crippen LogP contribution < -0.4 is 5.32 Å². The Bertz CT molecular complexity index is 1250. The molecule has 3 N–H and O–H groups in total. The quantitative estimate of drug-likeness (QED) is 0.401. The standard InChI is InChI=1S/C24H26FN5O2/c1-14-17(25)9-10-19(28-14)21-13-27-22(29-21)20(30-23(31)32-24(2,3)4)11-15-12-26-18-8-6-5-7-16(15)18/h5-10,12-13,20,26H,11H2,1-4H3,(H,27,29)(H,30,31). The van der Waals surface area contributed by atoms with Crippen LogP contribution in [0.4, 0.5) is 9.18 Å². The number of amides is 1. The van der Waals surface area contributed by atoms with Crippen molar-refractivity contribution in [3.05, 3.63) is 71.7 Å². The van der Waals surface area contributed by atoms with Gasteiger partial charge in [0.1, 0.15) is 17.2 Å². The van der Waals surface area contributed by atoms with E-state index in [0.29, 0.717) is 29.3 Å². The van der Waals surface area contributed by atoms with E-state index in [0.717, 1.165) is 16.5 Å². The molecule has 0 radical (unpaired) electrons. The van der Waals surface area contributed by atoms with Crippen LogP contribution in [0, 0.1) is 12.7 Å². The lowest BCUT2D eigenvalue weighted by Gasteiger charge is -2.23. The maximum Gasteiger partial charge on any atom is 0.408 e. The first kappa shape index (κ1) is 21.5. The van der Waals surface area contributed by atoms with E-state index < -0.39 is 17.7 Å². The SMILES string of the molecule is Cc1nc(-c2cnc(C(Cc3c[nH]c4ccccc34)NC(=O)OC(C)(C)C)[nH]2)ccc1F. The van der Waals surface area contributed by atoms with Crippen LogP contribution >= 0.6 is 0 Å². The van der Waals surface area contributed by atoms with E-state index in [4.69, 9.17) is 4.74 Å². The number of hydrogen-bond acceptors (Lipinski definition) is 4. The first-order valence-electron chi connectivity index (χ1n) is 10.4. The smallest absolute Gasteiger partial charge is 0.408 e. The molecule has 3 aromatic heterocycles. The fourth-order valence-corrected chi connectivity index (χ4v) is 3.52. The number of aromatic amines is 2. The fraction of sp³-hybridized carbons (Fsp3) is 0.292. The number of ether oxygens (including phenoxy) is 1. The highest BCUT2D eigenvalue weighted by molar-refractivity contribution is 5.83. The molecule has 0 aliphatic carbocycles. The van der Waals surface area contributed by atoms with Crippen LogP contribution in [0.25, 0.3) is 22.3 Å². The van der Waals surface area contributed by atoms with Gasteiger partial charge >= 0.3 is 6.09 Å². The summed E-state index contributed by atoms with van der Waals surface area (Å²) in [7, 11) is 0. The van der Waals surface area contributed by atoms with Crippen molar-refractivity contribution in [2.24, 2.45) is 0 Å². The van der Waals surface area contributed by atoms with Gasteiger partial charge < -0.3 is 20.0 Å². The normalized spacial score (nSPS) is 12.7. The molecule has 8 heteroatoms. The zero-order valence-corrected chi connectivity index (χ0v) is 18.5. The molecule has 0 fully saturated rings. The highest BCUT2D eigenvalue weighted by Gasteiger charge is 2.24. The summed E-state index contributed by atoms with van der Waals surface area (Å²) in [6.07, 6.45) is 3.53. The van der Waals surface area contributed by atoms with Crippen LogP contribution in [0.15, 0.2) is 48.8 Å². The van der Waals surface area contributed by atoms with Crippen molar-refractivity contribution < 1.29 is 13.9 Å². The summed E-state index contributed by atoms with van der Waals surface area (Å²) in [5, 5.41) is 4.00. The first-order chi connectivity index (χ1) is 15.2. The molecule has 1 amide bonds. The molecule has 0 bridgehead atoms. The maximum absolute atomic E-state index is 13.6. The molecule has 0 saturated heterocycles. The predicted molar refractivity (Wildman–Crippen MR) is 121 cm³/mol. The van der Waals surface area contributed by atoms with Gasteiger partial charge in [-0.25, -0.2) is 19.2 Å². The number of alkyl carbamates (subject to hydrolysis) is 1. The van der Waals surface area contributed by atoms with Gasteiger partial charge in [0.15, 0.2) is 0 Å². The highest BCUT2D eigenvalue weighted by Crippen LogP contribution is 2.25. The minimum atomic E-state index is -0.626. The molecule has 1 unspecified atom stereocenters. The van der Waals surface area contributed by atoms with Crippen molar-refractivity contribution in [1.29, 1.82) is 0 Å². The van der Waals surface area contributed by atoms with Crippen molar-refractivity contribution in [2.75, 3.05) is 0 Å². The summed E-state index contributed by atoms with van der Waals surface area (Å²) in [5.74, 6) is 0.192. The fourth-order valence-electron chi connectivity index (χ4n) is 3.52. The summed E-state index contributed by atoms with van der Waals surface area (Å²) in [6, 6.07) is 10.5. The van der Waals surface area contributed by atoms with Gasteiger partial charge in [-0.05, 0) is 51.5 Å². The van der Waals surface area contributed by atoms with Crippen molar-refractivity contribution in [3.63, 3.8) is 0 Å². The van der Waals surface area contributed by atoms with Crippen LogP contribution in [0.3, 0.4) is 0 Å². The second kappa shape index (κ2) is 8.45. The van der Waals surface area contributed by atoms with Gasteiger partial charge in [-0.15, -0.1) is 0 Å². The van der Waals surface area contributed by atoms with Gasteiger partial charge in [-0.3, -0.25) is 0 Å². The third-order valence-corrected chi connectivity index (χ3v) is 5.01. The number of nitrogens with zero attached hydrogens (tertiary/aromatic N) is 2. The third kappa shape index (κ3) is 4.80. The van der Waals surface area contributed by atoms with Crippen molar-refractivity contribution in [1.82, 2.24) is 25.3 Å². The number of fused-ring (bicyclic) bond motifs is 1. The number of hydrogen-bond donors (Lipinski definition) is 3. The molecular formula is C24H26FN5O2. The molecule has 7 nitrogen and oxygen atoms in total.